The number of nitrogens with zero attached hydrogens (tertiary/aromatic N) is 1. The number of hydrogen-bond donors (Lipinski definition) is 0. The van der Waals surface area contributed by atoms with Gasteiger partial charge in [0, 0.05) is 26.3 Å². The average molecular weight is 253 g/mol. The van der Waals surface area contributed by atoms with Crippen molar-refractivity contribution in [2.24, 2.45) is 5.92 Å². The van der Waals surface area contributed by atoms with Crippen LogP contribution in [-0.2, 0) is 4.74 Å². The van der Waals surface area contributed by atoms with Crippen LogP contribution >= 0.6 is 0 Å². The van der Waals surface area contributed by atoms with E-state index in [1.807, 2.05) is 6.92 Å². The Morgan fingerprint density at radius 1 is 1.28 bits per heavy atom. The van der Waals surface area contributed by atoms with Crippen LogP contribution in [-0.4, -0.2) is 38.3 Å². The topological polar surface area (TPSA) is 12.5 Å². The molecule has 0 aromatic heterocycles. The number of ether oxygens (including phenoxy) is 1. The maximum Gasteiger partial charge on any atom is 0.0478 e. The van der Waals surface area contributed by atoms with Crippen molar-refractivity contribution in [3.63, 3.8) is 0 Å². The molecule has 0 aliphatic carbocycles. The van der Waals surface area contributed by atoms with Crippen molar-refractivity contribution < 1.29 is 4.74 Å². The lowest BCUT2D eigenvalue weighted by atomic mass is 10.1. The SMILES string of the molecule is C/C=C\C(=C/C(C)C)CCN(C)CCCOCC. The molecule has 2 nitrogen and oxygen atoms in total. The quantitative estimate of drug-likeness (QED) is 0.432. The first-order valence-corrected chi connectivity index (χ1v) is 7.19. The molecule has 0 aliphatic rings. The predicted octanol–water partition coefficient (Wildman–Crippen LogP) is 3.89. The third kappa shape index (κ3) is 10.5. The predicted molar refractivity (Wildman–Crippen MR) is 81.0 cm³/mol. The van der Waals surface area contributed by atoms with Gasteiger partial charge in [-0.15, -0.1) is 0 Å². The van der Waals surface area contributed by atoms with Crippen molar-refractivity contribution in [1.29, 1.82) is 0 Å². The molecule has 0 amide bonds. The van der Waals surface area contributed by atoms with Crippen LogP contribution in [0.2, 0.25) is 0 Å². The second-order valence-electron chi connectivity index (χ2n) is 5.09. The molecule has 0 saturated carbocycles. The molecule has 0 spiro atoms. The molecule has 0 heterocycles. The highest BCUT2D eigenvalue weighted by molar-refractivity contribution is 5.18. The van der Waals surface area contributed by atoms with E-state index in [1.54, 1.807) is 0 Å². The molecule has 0 N–H and O–H groups in total. The summed E-state index contributed by atoms with van der Waals surface area (Å²) in [5.41, 5.74) is 1.45. The normalized spacial score (nSPS) is 13.2. The molecule has 0 rings (SSSR count). The maximum atomic E-state index is 5.35. The fourth-order valence-electron chi connectivity index (χ4n) is 1.88. The van der Waals surface area contributed by atoms with Crippen LogP contribution in [0.15, 0.2) is 23.8 Å². The van der Waals surface area contributed by atoms with Gasteiger partial charge in [-0.25, -0.2) is 0 Å². The van der Waals surface area contributed by atoms with E-state index in [9.17, 15) is 0 Å². The Morgan fingerprint density at radius 2 is 2.00 bits per heavy atom. The number of rotatable bonds is 10. The Morgan fingerprint density at radius 3 is 2.56 bits per heavy atom. The monoisotopic (exact) mass is 253 g/mol. The summed E-state index contributed by atoms with van der Waals surface area (Å²) in [4.78, 5) is 2.39. The Hall–Kier alpha value is -0.600. The second kappa shape index (κ2) is 11.5. The Balaban J connectivity index is 3.89. The summed E-state index contributed by atoms with van der Waals surface area (Å²) >= 11 is 0. The summed E-state index contributed by atoms with van der Waals surface area (Å²) in [6.45, 7) is 12.5. The molecule has 0 bridgehead atoms. The molecule has 0 aliphatic heterocycles. The summed E-state index contributed by atoms with van der Waals surface area (Å²) in [5.74, 6) is 0.625. The Kier molecular flexibility index (Phi) is 11.1. The van der Waals surface area contributed by atoms with Crippen molar-refractivity contribution in [1.82, 2.24) is 4.90 Å². The van der Waals surface area contributed by atoms with Crippen molar-refractivity contribution in [3.05, 3.63) is 23.8 Å². The molecule has 106 valence electrons. The first-order chi connectivity index (χ1) is 8.60. The minimum atomic E-state index is 0.625. The molecule has 0 saturated heterocycles. The summed E-state index contributed by atoms with van der Waals surface area (Å²) < 4.78 is 5.35. The van der Waals surface area contributed by atoms with Crippen LogP contribution in [0.5, 0.6) is 0 Å². The lowest BCUT2D eigenvalue weighted by Gasteiger charge is -2.17. The van der Waals surface area contributed by atoms with E-state index in [0.717, 1.165) is 39.1 Å². The van der Waals surface area contributed by atoms with Crippen molar-refractivity contribution in [3.8, 4) is 0 Å². The van der Waals surface area contributed by atoms with Crippen LogP contribution in [0.3, 0.4) is 0 Å². The lowest BCUT2D eigenvalue weighted by Crippen LogP contribution is -2.22. The van der Waals surface area contributed by atoms with Gasteiger partial charge < -0.3 is 9.64 Å². The third-order valence-corrected chi connectivity index (χ3v) is 2.74. The van der Waals surface area contributed by atoms with Gasteiger partial charge in [0.25, 0.3) is 0 Å². The first-order valence-electron chi connectivity index (χ1n) is 7.19. The minimum absolute atomic E-state index is 0.625. The highest BCUT2D eigenvalue weighted by Crippen LogP contribution is 2.09. The maximum absolute atomic E-state index is 5.35. The van der Waals surface area contributed by atoms with Crippen LogP contribution < -0.4 is 0 Å². The van der Waals surface area contributed by atoms with E-state index in [4.69, 9.17) is 4.74 Å². The van der Waals surface area contributed by atoms with Crippen LogP contribution in [0.4, 0.5) is 0 Å². The Bertz CT molecular complexity index is 243. The molecule has 0 atom stereocenters. The molecule has 0 aromatic carbocycles. The molecule has 0 aromatic rings. The third-order valence-electron chi connectivity index (χ3n) is 2.74. The fraction of sp³-hybridized carbons (Fsp3) is 0.750. The van der Waals surface area contributed by atoms with Crippen LogP contribution in [0.25, 0.3) is 0 Å². The Labute approximate surface area is 114 Å². The molecule has 2 heteroatoms. The summed E-state index contributed by atoms with van der Waals surface area (Å²) in [7, 11) is 2.19. The zero-order chi connectivity index (χ0) is 13.8. The van der Waals surface area contributed by atoms with Gasteiger partial charge in [0.05, 0.1) is 0 Å². The number of hydrogen-bond acceptors (Lipinski definition) is 2. The molecule has 18 heavy (non-hydrogen) atoms. The van der Waals surface area contributed by atoms with E-state index in [-0.39, 0.29) is 0 Å². The van der Waals surface area contributed by atoms with Gasteiger partial charge in [0.15, 0.2) is 0 Å². The molecule has 0 radical (unpaired) electrons. The van der Waals surface area contributed by atoms with E-state index >= 15 is 0 Å². The molecule has 0 unspecified atom stereocenters. The molecule has 0 fully saturated rings. The summed E-state index contributed by atoms with van der Waals surface area (Å²) in [5, 5.41) is 0. The van der Waals surface area contributed by atoms with E-state index in [0.29, 0.717) is 5.92 Å². The van der Waals surface area contributed by atoms with Crippen molar-refractivity contribution in [2.75, 3.05) is 33.4 Å². The van der Waals surface area contributed by atoms with E-state index < -0.39 is 0 Å². The van der Waals surface area contributed by atoms with Gasteiger partial charge in [-0.05, 0) is 39.7 Å². The smallest absolute Gasteiger partial charge is 0.0478 e. The lowest BCUT2D eigenvalue weighted by molar-refractivity contribution is 0.136. The van der Waals surface area contributed by atoms with Crippen molar-refractivity contribution >= 4 is 0 Å². The van der Waals surface area contributed by atoms with Gasteiger partial charge in [-0.1, -0.05) is 37.6 Å². The first kappa shape index (κ1) is 17.4. The zero-order valence-electron chi connectivity index (χ0n) is 12.9. The van der Waals surface area contributed by atoms with Gasteiger partial charge in [-0.3, -0.25) is 0 Å². The summed E-state index contributed by atoms with van der Waals surface area (Å²) in [6.07, 6.45) is 8.97. The molecular weight excluding hydrogens is 222 g/mol. The average Bonchev–Trinajstić information content (AvgIpc) is 2.31. The fourth-order valence-corrected chi connectivity index (χ4v) is 1.88. The van der Waals surface area contributed by atoms with Crippen molar-refractivity contribution in [2.45, 2.75) is 40.5 Å². The van der Waals surface area contributed by atoms with Gasteiger partial charge >= 0.3 is 0 Å². The van der Waals surface area contributed by atoms with Gasteiger partial charge in [-0.2, -0.15) is 0 Å². The standard InChI is InChI=1S/C16H31NO/c1-6-9-16(14-15(3)4)10-12-17(5)11-8-13-18-7-2/h6,9,14-15H,7-8,10-13H2,1-5H3/b9-6-,16-14+. The minimum Gasteiger partial charge on any atom is -0.382 e. The zero-order valence-corrected chi connectivity index (χ0v) is 12.9. The van der Waals surface area contributed by atoms with E-state index in [2.05, 4.69) is 50.9 Å². The van der Waals surface area contributed by atoms with E-state index in [1.165, 1.54) is 5.57 Å². The highest BCUT2D eigenvalue weighted by atomic mass is 16.5. The highest BCUT2D eigenvalue weighted by Gasteiger charge is 2.00. The van der Waals surface area contributed by atoms with Crippen LogP contribution in [0.1, 0.15) is 40.5 Å². The van der Waals surface area contributed by atoms with Gasteiger partial charge in [0.1, 0.15) is 0 Å². The summed E-state index contributed by atoms with van der Waals surface area (Å²) in [6, 6.07) is 0. The van der Waals surface area contributed by atoms with Gasteiger partial charge in [0.2, 0.25) is 0 Å². The number of allylic oxidation sites excluding steroid dienone is 3. The van der Waals surface area contributed by atoms with Crippen LogP contribution in [0, 0.1) is 5.92 Å². The largest absolute Gasteiger partial charge is 0.382 e. The second-order valence-corrected chi connectivity index (χ2v) is 5.09. The molecular formula is C16H31NO.